The Morgan fingerprint density at radius 2 is 1.94 bits per heavy atom. The zero-order chi connectivity index (χ0) is 13.1. The molecule has 0 aliphatic heterocycles. The molecule has 1 aromatic heterocycles. The van der Waals surface area contributed by atoms with E-state index < -0.39 is 11.7 Å². The lowest BCUT2D eigenvalue weighted by Crippen LogP contribution is -2.12. The monoisotopic (exact) mass is 307 g/mol. The van der Waals surface area contributed by atoms with Crippen molar-refractivity contribution < 1.29 is 9.18 Å². The van der Waals surface area contributed by atoms with Crippen LogP contribution in [0.3, 0.4) is 0 Å². The number of hydrogen-bond acceptors (Lipinski definition) is 2. The molecule has 0 amide bonds. The third-order valence-electron chi connectivity index (χ3n) is 2.81. The van der Waals surface area contributed by atoms with Crippen LogP contribution in [0.2, 0.25) is 0 Å². The normalized spacial score (nSPS) is 12.2. The molecule has 0 aliphatic rings. The fourth-order valence-electron chi connectivity index (χ4n) is 1.75. The van der Waals surface area contributed by atoms with Gasteiger partial charge in [-0.05, 0) is 45.8 Å². The molecule has 1 atom stereocenters. The third kappa shape index (κ3) is 2.48. The zero-order valence-corrected chi connectivity index (χ0v) is 11.3. The molecular weight excluding hydrogens is 297 g/mol. The molecule has 1 aromatic carbocycles. The lowest BCUT2D eigenvalue weighted by atomic mass is 9.93. The summed E-state index contributed by atoms with van der Waals surface area (Å²) in [4.78, 5) is 16.2. The first-order valence-corrected chi connectivity index (χ1v) is 6.28. The fourth-order valence-corrected chi connectivity index (χ4v) is 2.29. The van der Waals surface area contributed by atoms with Crippen molar-refractivity contribution in [1.82, 2.24) is 4.98 Å². The fraction of sp³-hybridized carbons (Fsp3) is 0.143. The summed E-state index contributed by atoms with van der Waals surface area (Å²) in [6.07, 6.45) is 3.24. The van der Waals surface area contributed by atoms with Crippen molar-refractivity contribution >= 4 is 21.7 Å². The average molecular weight is 308 g/mol. The standard InChI is InChI=1S/C14H11BrFNO/c1-9(10-5-7-17-8-6-10)14(18)13-11(15)3-2-4-12(13)16/h2-9H,1H3. The maximum absolute atomic E-state index is 13.7. The van der Waals surface area contributed by atoms with Gasteiger partial charge in [-0.15, -0.1) is 0 Å². The van der Waals surface area contributed by atoms with E-state index in [9.17, 15) is 9.18 Å². The van der Waals surface area contributed by atoms with Crippen molar-refractivity contribution in [2.24, 2.45) is 0 Å². The molecule has 2 nitrogen and oxygen atoms in total. The van der Waals surface area contributed by atoms with Crippen LogP contribution in [0.5, 0.6) is 0 Å². The predicted molar refractivity (Wildman–Crippen MR) is 71.1 cm³/mol. The first-order valence-electron chi connectivity index (χ1n) is 5.49. The van der Waals surface area contributed by atoms with Gasteiger partial charge >= 0.3 is 0 Å². The second-order valence-electron chi connectivity index (χ2n) is 3.96. The summed E-state index contributed by atoms with van der Waals surface area (Å²) in [5.41, 5.74) is 0.923. The summed E-state index contributed by atoms with van der Waals surface area (Å²) in [6, 6.07) is 8.04. The van der Waals surface area contributed by atoms with E-state index in [0.717, 1.165) is 5.56 Å². The maximum Gasteiger partial charge on any atom is 0.174 e. The van der Waals surface area contributed by atoms with Crippen molar-refractivity contribution in [3.05, 3.63) is 64.1 Å². The number of aromatic nitrogens is 1. The Morgan fingerprint density at radius 3 is 2.56 bits per heavy atom. The van der Waals surface area contributed by atoms with E-state index in [1.807, 2.05) is 0 Å². The molecule has 0 aliphatic carbocycles. The molecule has 2 aromatic rings. The smallest absolute Gasteiger partial charge is 0.174 e. The van der Waals surface area contributed by atoms with Gasteiger partial charge < -0.3 is 0 Å². The van der Waals surface area contributed by atoms with E-state index in [2.05, 4.69) is 20.9 Å². The largest absolute Gasteiger partial charge is 0.293 e. The van der Waals surface area contributed by atoms with Gasteiger partial charge in [0.05, 0.1) is 5.56 Å². The minimum atomic E-state index is -0.504. The molecule has 4 heteroatoms. The molecule has 0 bridgehead atoms. The van der Waals surface area contributed by atoms with Gasteiger partial charge in [-0.2, -0.15) is 0 Å². The van der Waals surface area contributed by atoms with E-state index >= 15 is 0 Å². The summed E-state index contributed by atoms with van der Waals surface area (Å²) in [5, 5.41) is 0. The average Bonchev–Trinajstić information content (AvgIpc) is 2.38. The van der Waals surface area contributed by atoms with Crippen LogP contribution >= 0.6 is 15.9 Å². The van der Waals surface area contributed by atoms with Gasteiger partial charge in [0.1, 0.15) is 5.82 Å². The number of ketones is 1. The van der Waals surface area contributed by atoms with Crippen molar-refractivity contribution in [2.75, 3.05) is 0 Å². The molecule has 1 heterocycles. The maximum atomic E-state index is 13.7. The number of halogens is 2. The number of carbonyl (C=O) groups is 1. The highest BCUT2D eigenvalue weighted by Crippen LogP contribution is 2.26. The molecule has 0 saturated heterocycles. The Kier molecular flexibility index (Phi) is 3.87. The van der Waals surface area contributed by atoms with Crippen molar-refractivity contribution in [3.8, 4) is 0 Å². The quantitative estimate of drug-likeness (QED) is 0.803. The topological polar surface area (TPSA) is 30.0 Å². The van der Waals surface area contributed by atoms with Crippen molar-refractivity contribution in [1.29, 1.82) is 0 Å². The van der Waals surface area contributed by atoms with Crippen LogP contribution in [0.15, 0.2) is 47.2 Å². The van der Waals surface area contributed by atoms with E-state index in [1.54, 1.807) is 43.6 Å². The Hall–Kier alpha value is -1.55. The Balaban J connectivity index is 2.38. The van der Waals surface area contributed by atoms with Gasteiger partial charge in [-0.1, -0.05) is 13.0 Å². The molecule has 1 unspecified atom stereocenters. The van der Waals surface area contributed by atoms with E-state index in [1.165, 1.54) is 6.07 Å². The molecular formula is C14H11BrFNO. The molecule has 0 radical (unpaired) electrons. The van der Waals surface area contributed by atoms with Gasteiger partial charge in [0.15, 0.2) is 5.78 Å². The van der Waals surface area contributed by atoms with Gasteiger partial charge in [0, 0.05) is 22.8 Å². The van der Waals surface area contributed by atoms with E-state index in [0.29, 0.717) is 4.47 Å². The van der Waals surface area contributed by atoms with Crippen LogP contribution in [-0.2, 0) is 0 Å². The number of nitrogens with zero attached hydrogens (tertiary/aromatic N) is 1. The second kappa shape index (κ2) is 5.40. The van der Waals surface area contributed by atoms with E-state index in [4.69, 9.17) is 0 Å². The highest BCUT2D eigenvalue weighted by molar-refractivity contribution is 9.10. The summed E-state index contributed by atoms with van der Waals surface area (Å²) in [7, 11) is 0. The highest BCUT2D eigenvalue weighted by atomic mass is 79.9. The van der Waals surface area contributed by atoms with Gasteiger partial charge in [0.2, 0.25) is 0 Å². The van der Waals surface area contributed by atoms with Crippen molar-refractivity contribution in [3.63, 3.8) is 0 Å². The zero-order valence-electron chi connectivity index (χ0n) is 9.73. The summed E-state index contributed by atoms with van der Waals surface area (Å²) < 4.78 is 14.2. The molecule has 0 saturated carbocycles. The summed E-state index contributed by atoms with van der Waals surface area (Å²) >= 11 is 3.22. The Labute approximate surface area is 113 Å². The first kappa shape index (κ1) is 12.9. The summed E-state index contributed by atoms with van der Waals surface area (Å²) in [6.45, 7) is 1.76. The minimum Gasteiger partial charge on any atom is -0.293 e. The molecule has 0 N–H and O–H groups in total. The SMILES string of the molecule is CC(C(=O)c1c(F)cccc1Br)c1ccncc1. The number of hydrogen-bond donors (Lipinski definition) is 0. The molecule has 18 heavy (non-hydrogen) atoms. The third-order valence-corrected chi connectivity index (χ3v) is 3.47. The van der Waals surface area contributed by atoms with Crippen LogP contribution in [0.1, 0.15) is 28.8 Å². The molecule has 0 spiro atoms. The second-order valence-corrected chi connectivity index (χ2v) is 4.82. The minimum absolute atomic E-state index is 0.0989. The lowest BCUT2D eigenvalue weighted by molar-refractivity contribution is 0.0961. The number of benzene rings is 1. The number of Topliss-reactive ketones (excluding diaryl/α,β-unsaturated/α-hetero) is 1. The Bertz CT molecular complexity index is 551. The number of pyridine rings is 1. The molecule has 0 fully saturated rings. The highest BCUT2D eigenvalue weighted by Gasteiger charge is 2.22. The van der Waals surface area contributed by atoms with Crippen LogP contribution in [0.4, 0.5) is 4.39 Å². The first-order chi connectivity index (χ1) is 8.61. The number of carbonyl (C=O) groups excluding carboxylic acids is 1. The van der Waals surface area contributed by atoms with Crippen LogP contribution in [0, 0.1) is 5.82 Å². The molecule has 2 rings (SSSR count). The Morgan fingerprint density at radius 1 is 1.28 bits per heavy atom. The van der Waals surface area contributed by atoms with Gasteiger partial charge in [0.25, 0.3) is 0 Å². The van der Waals surface area contributed by atoms with E-state index in [-0.39, 0.29) is 11.3 Å². The predicted octanol–water partition coefficient (Wildman–Crippen LogP) is 3.97. The lowest BCUT2D eigenvalue weighted by Gasteiger charge is -2.12. The van der Waals surface area contributed by atoms with Gasteiger partial charge in [-0.3, -0.25) is 9.78 Å². The van der Waals surface area contributed by atoms with Gasteiger partial charge in [-0.25, -0.2) is 4.39 Å². The van der Waals surface area contributed by atoms with Crippen LogP contribution in [0.25, 0.3) is 0 Å². The number of rotatable bonds is 3. The van der Waals surface area contributed by atoms with Crippen LogP contribution in [-0.4, -0.2) is 10.8 Å². The molecule has 92 valence electrons. The van der Waals surface area contributed by atoms with Crippen molar-refractivity contribution in [2.45, 2.75) is 12.8 Å². The van der Waals surface area contributed by atoms with Crippen LogP contribution < -0.4 is 0 Å². The summed E-state index contributed by atoms with van der Waals surface area (Å²) in [5.74, 6) is -1.15.